The monoisotopic (exact) mass is 281 g/mol. The van der Waals surface area contributed by atoms with Crippen LogP contribution in [0.4, 0.5) is 5.82 Å². The largest absolute Gasteiger partial charge is 0.347 e. The summed E-state index contributed by atoms with van der Waals surface area (Å²) in [5.41, 5.74) is 1.91. The van der Waals surface area contributed by atoms with Gasteiger partial charge in [0.1, 0.15) is 5.82 Å². The number of nitrogens with zero attached hydrogens (tertiary/aromatic N) is 3. The number of benzene rings is 1. The van der Waals surface area contributed by atoms with E-state index in [9.17, 15) is 4.79 Å². The van der Waals surface area contributed by atoms with Crippen molar-refractivity contribution in [2.45, 2.75) is 6.04 Å². The zero-order valence-corrected chi connectivity index (χ0v) is 12.1. The summed E-state index contributed by atoms with van der Waals surface area (Å²) < 4.78 is 0. The molecule has 1 atom stereocenters. The first-order valence-corrected chi connectivity index (χ1v) is 7.19. The number of aromatic nitrogens is 1. The summed E-state index contributed by atoms with van der Waals surface area (Å²) in [4.78, 5) is 19.9. The first-order chi connectivity index (χ1) is 10.3. The fraction of sp³-hybridized carbons (Fsp3) is 0.294. The lowest BCUT2D eigenvalue weighted by Crippen LogP contribution is -2.47. The van der Waals surface area contributed by atoms with Gasteiger partial charge in [-0.2, -0.15) is 0 Å². The molecule has 4 heteroatoms. The SMILES string of the molecule is CN1CCN(c2ccc(C=O)cn2)C(c2ccccc2)C1. The van der Waals surface area contributed by atoms with Crippen LogP contribution in [0.25, 0.3) is 0 Å². The maximum atomic E-state index is 10.8. The second-order valence-corrected chi connectivity index (χ2v) is 5.45. The molecule has 2 aromatic rings. The molecule has 0 spiro atoms. The van der Waals surface area contributed by atoms with Gasteiger partial charge in [-0.05, 0) is 24.7 Å². The van der Waals surface area contributed by atoms with Gasteiger partial charge in [-0.15, -0.1) is 0 Å². The van der Waals surface area contributed by atoms with Gasteiger partial charge in [0.25, 0.3) is 0 Å². The maximum absolute atomic E-state index is 10.8. The van der Waals surface area contributed by atoms with Gasteiger partial charge >= 0.3 is 0 Å². The molecule has 0 N–H and O–H groups in total. The minimum absolute atomic E-state index is 0.291. The van der Waals surface area contributed by atoms with Gasteiger partial charge in [-0.3, -0.25) is 4.79 Å². The maximum Gasteiger partial charge on any atom is 0.151 e. The summed E-state index contributed by atoms with van der Waals surface area (Å²) in [5, 5.41) is 0. The molecule has 1 aliphatic rings. The predicted octanol–water partition coefficient (Wildman–Crippen LogP) is 2.39. The van der Waals surface area contributed by atoms with Crippen LogP contribution >= 0.6 is 0 Å². The third-order valence-corrected chi connectivity index (χ3v) is 3.97. The molecule has 1 aromatic heterocycles. The summed E-state index contributed by atoms with van der Waals surface area (Å²) in [5.74, 6) is 0.933. The van der Waals surface area contributed by atoms with Crippen LogP contribution in [0, 0.1) is 0 Å². The number of piperazine rings is 1. The average Bonchev–Trinajstić information content (AvgIpc) is 2.56. The van der Waals surface area contributed by atoms with E-state index in [1.165, 1.54) is 5.56 Å². The van der Waals surface area contributed by atoms with Crippen molar-refractivity contribution in [2.24, 2.45) is 0 Å². The molecule has 108 valence electrons. The van der Waals surface area contributed by atoms with E-state index in [-0.39, 0.29) is 0 Å². The van der Waals surface area contributed by atoms with E-state index in [4.69, 9.17) is 0 Å². The zero-order valence-electron chi connectivity index (χ0n) is 12.1. The van der Waals surface area contributed by atoms with Gasteiger partial charge in [0.05, 0.1) is 6.04 Å². The summed E-state index contributed by atoms with van der Waals surface area (Å²) in [6.45, 7) is 2.92. The van der Waals surface area contributed by atoms with E-state index < -0.39 is 0 Å². The van der Waals surface area contributed by atoms with E-state index in [1.807, 2.05) is 18.2 Å². The van der Waals surface area contributed by atoms with Crippen LogP contribution in [0.2, 0.25) is 0 Å². The number of aldehydes is 1. The van der Waals surface area contributed by atoms with Crippen molar-refractivity contribution >= 4 is 12.1 Å². The number of hydrogen-bond donors (Lipinski definition) is 0. The number of anilines is 1. The van der Waals surface area contributed by atoms with Crippen molar-refractivity contribution in [1.29, 1.82) is 0 Å². The van der Waals surface area contributed by atoms with E-state index in [2.05, 4.69) is 46.1 Å². The van der Waals surface area contributed by atoms with Crippen molar-refractivity contribution in [1.82, 2.24) is 9.88 Å². The molecule has 1 aromatic carbocycles. The van der Waals surface area contributed by atoms with E-state index >= 15 is 0 Å². The third kappa shape index (κ3) is 2.95. The highest BCUT2D eigenvalue weighted by molar-refractivity contribution is 5.74. The molecule has 3 rings (SSSR count). The lowest BCUT2D eigenvalue weighted by molar-refractivity contribution is 0.112. The molecule has 1 fully saturated rings. The lowest BCUT2D eigenvalue weighted by atomic mass is 10.0. The normalized spacial score (nSPS) is 19.5. The van der Waals surface area contributed by atoms with Gasteiger partial charge in [0.2, 0.25) is 0 Å². The molecular weight excluding hydrogens is 262 g/mol. The molecule has 2 heterocycles. The fourth-order valence-electron chi connectivity index (χ4n) is 2.79. The fourth-order valence-corrected chi connectivity index (χ4v) is 2.79. The number of rotatable bonds is 3. The average molecular weight is 281 g/mol. The Kier molecular flexibility index (Phi) is 3.97. The van der Waals surface area contributed by atoms with Crippen LogP contribution in [-0.4, -0.2) is 42.9 Å². The third-order valence-electron chi connectivity index (χ3n) is 3.97. The molecule has 0 saturated carbocycles. The summed E-state index contributed by atoms with van der Waals surface area (Å²) >= 11 is 0. The lowest BCUT2D eigenvalue weighted by Gasteiger charge is -2.41. The Morgan fingerprint density at radius 1 is 1.14 bits per heavy atom. The molecule has 1 saturated heterocycles. The molecule has 21 heavy (non-hydrogen) atoms. The number of likely N-dealkylation sites (N-methyl/N-ethyl adjacent to an activating group) is 1. The predicted molar refractivity (Wildman–Crippen MR) is 83.7 cm³/mol. The minimum Gasteiger partial charge on any atom is -0.347 e. The molecule has 1 unspecified atom stereocenters. The van der Waals surface area contributed by atoms with E-state index in [0.717, 1.165) is 31.7 Å². The number of carbonyl (C=O) groups excluding carboxylic acids is 1. The van der Waals surface area contributed by atoms with Gasteiger partial charge in [0.15, 0.2) is 6.29 Å². The zero-order chi connectivity index (χ0) is 14.7. The highest BCUT2D eigenvalue weighted by Crippen LogP contribution is 2.28. The summed E-state index contributed by atoms with van der Waals surface area (Å²) in [7, 11) is 2.15. The Labute approximate surface area is 125 Å². The molecule has 4 nitrogen and oxygen atoms in total. The van der Waals surface area contributed by atoms with Crippen molar-refractivity contribution < 1.29 is 4.79 Å². The summed E-state index contributed by atoms with van der Waals surface area (Å²) in [6.07, 6.45) is 2.47. The van der Waals surface area contributed by atoms with Crippen LogP contribution in [-0.2, 0) is 0 Å². The standard InChI is InChI=1S/C17H19N3O/c1-19-9-10-20(17-8-7-14(13-21)11-18-17)16(12-19)15-5-3-2-4-6-15/h2-8,11,13,16H,9-10,12H2,1H3. The molecule has 0 aliphatic carbocycles. The van der Waals surface area contributed by atoms with Gasteiger partial charge < -0.3 is 9.80 Å². The Morgan fingerprint density at radius 2 is 1.95 bits per heavy atom. The Bertz CT molecular complexity index is 597. The second kappa shape index (κ2) is 6.06. The molecule has 0 amide bonds. The second-order valence-electron chi connectivity index (χ2n) is 5.45. The smallest absolute Gasteiger partial charge is 0.151 e. The van der Waals surface area contributed by atoms with E-state index in [1.54, 1.807) is 6.20 Å². The molecule has 0 bridgehead atoms. The van der Waals surface area contributed by atoms with Crippen molar-refractivity contribution in [3.05, 3.63) is 59.8 Å². The topological polar surface area (TPSA) is 36.4 Å². The van der Waals surface area contributed by atoms with Crippen molar-refractivity contribution in [2.75, 3.05) is 31.6 Å². The molecule has 1 aliphatic heterocycles. The highest BCUT2D eigenvalue weighted by atomic mass is 16.1. The quantitative estimate of drug-likeness (QED) is 0.809. The summed E-state index contributed by atoms with van der Waals surface area (Å²) in [6, 6.07) is 14.6. The first kappa shape index (κ1) is 13.8. The van der Waals surface area contributed by atoms with Crippen LogP contribution in [0.3, 0.4) is 0 Å². The Morgan fingerprint density at radius 3 is 2.62 bits per heavy atom. The molecular formula is C17H19N3O. The Balaban J connectivity index is 1.91. The van der Waals surface area contributed by atoms with Crippen LogP contribution in [0.5, 0.6) is 0 Å². The first-order valence-electron chi connectivity index (χ1n) is 7.19. The van der Waals surface area contributed by atoms with Gasteiger partial charge in [-0.25, -0.2) is 4.98 Å². The van der Waals surface area contributed by atoms with Gasteiger partial charge in [0, 0.05) is 31.4 Å². The van der Waals surface area contributed by atoms with Crippen LogP contribution in [0.15, 0.2) is 48.7 Å². The number of pyridine rings is 1. The van der Waals surface area contributed by atoms with Crippen molar-refractivity contribution in [3.8, 4) is 0 Å². The van der Waals surface area contributed by atoms with E-state index in [0.29, 0.717) is 11.6 Å². The van der Waals surface area contributed by atoms with Crippen molar-refractivity contribution in [3.63, 3.8) is 0 Å². The number of hydrogen-bond acceptors (Lipinski definition) is 4. The Hall–Kier alpha value is -2.20. The number of carbonyl (C=O) groups is 1. The van der Waals surface area contributed by atoms with Crippen LogP contribution < -0.4 is 4.90 Å². The van der Waals surface area contributed by atoms with Crippen LogP contribution in [0.1, 0.15) is 22.0 Å². The molecule has 0 radical (unpaired) electrons. The minimum atomic E-state index is 0.291. The highest BCUT2D eigenvalue weighted by Gasteiger charge is 2.27. The van der Waals surface area contributed by atoms with Gasteiger partial charge in [-0.1, -0.05) is 30.3 Å².